The molecule has 0 aliphatic carbocycles. The Morgan fingerprint density at radius 1 is 1.50 bits per heavy atom. The molecule has 0 unspecified atom stereocenters. The van der Waals surface area contributed by atoms with Crippen LogP contribution in [-0.2, 0) is 6.54 Å². The predicted molar refractivity (Wildman–Crippen MR) is 56.3 cm³/mol. The minimum Gasteiger partial charge on any atom is -0.384 e. The molecule has 0 fully saturated rings. The molecule has 0 atom stereocenters. The number of thiazole rings is 1. The van der Waals surface area contributed by atoms with E-state index < -0.39 is 0 Å². The van der Waals surface area contributed by atoms with Gasteiger partial charge in [-0.2, -0.15) is 0 Å². The minimum atomic E-state index is 0.0224. The van der Waals surface area contributed by atoms with Crippen LogP contribution in [0, 0.1) is 0 Å². The molecule has 0 aromatic carbocycles. The van der Waals surface area contributed by atoms with E-state index in [1.165, 1.54) is 11.3 Å². The summed E-state index contributed by atoms with van der Waals surface area (Å²) in [6, 6.07) is 5.40. The van der Waals surface area contributed by atoms with Crippen LogP contribution in [0.4, 0.5) is 5.82 Å². The van der Waals surface area contributed by atoms with Crippen molar-refractivity contribution in [1.29, 1.82) is 0 Å². The Labute approximate surface area is 84.6 Å². The number of pyridine rings is 1. The van der Waals surface area contributed by atoms with Gasteiger partial charge in [-0.15, -0.1) is 0 Å². The number of nitrogens with zero attached hydrogens (tertiary/aromatic N) is 2. The molecule has 2 rings (SSSR count). The van der Waals surface area contributed by atoms with Gasteiger partial charge in [0.2, 0.25) is 0 Å². The van der Waals surface area contributed by atoms with E-state index in [0.29, 0.717) is 12.4 Å². The summed E-state index contributed by atoms with van der Waals surface area (Å²) in [6.45, 7) is 0.480. The molecule has 2 aromatic rings. The van der Waals surface area contributed by atoms with Crippen LogP contribution in [0.3, 0.4) is 0 Å². The summed E-state index contributed by atoms with van der Waals surface area (Å²) in [6.07, 6.45) is 1.75. The average molecular weight is 207 g/mol. The lowest BCUT2D eigenvalue weighted by atomic mass is 10.3. The largest absolute Gasteiger partial charge is 0.384 e. The van der Waals surface area contributed by atoms with Gasteiger partial charge in [0.15, 0.2) is 0 Å². The highest BCUT2D eigenvalue weighted by Crippen LogP contribution is 2.02. The van der Waals surface area contributed by atoms with E-state index in [1.807, 2.05) is 12.1 Å². The molecule has 2 N–H and O–H groups in total. The van der Waals surface area contributed by atoms with E-state index in [2.05, 4.69) is 4.98 Å². The molecule has 2 aromatic heterocycles. The molecule has 72 valence electrons. The third-order valence-corrected chi connectivity index (χ3v) is 2.50. The summed E-state index contributed by atoms with van der Waals surface area (Å²) in [5.41, 5.74) is 6.33. The highest BCUT2D eigenvalue weighted by Gasteiger charge is 1.99. The van der Waals surface area contributed by atoms with E-state index in [4.69, 9.17) is 5.73 Å². The fourth-order valence-electron chi connectivity index (χ4n) is 1.17. The molecule has 0 bridgehead atoms. The second kappa shape index (κ2) is 3.63. The zero-order valence-corrected chi connectivity index (χ0v) is 8.20. The van der Waals surface area contributed by atoms with Crippen molar-refractivity contribution in [1.82, 2.24) is 9.55 Å². The number of nitrogens with two attached hydrogens (primary N) is 1. The first-order valence-corrected chi connectivity index (χ1v) is 4.99. The number of rotatable bonds is 2. The number of hydrogen-bond acceptors (Lipinski definition) is 4. The molecule has 0 saturated carbocycles. The third-order valence-electron chi connectivity index (χ3n) is 1.80. The van der Waals surface area contributed by atoms with Crippen molar-refractivity contribution in [2.24, 2.45) is 0 Å². The van der Waals surface area contributed by atoms with Gasteiger partial charge in [0, 0.05) is 11.6 Å². The average Bonchev–Trinajstić information content (AvgIpc) is 2.52. The lowest BCUT2D eigenvalue weighted by molar-refractivity contribution is 0.762. The summed E-state index contributed by atoms with van der Waals surface area (Å²) >= 11 is 1.18. The second-order valence-electron chi connectivity index (χ2n) is 2.85. The van der Waals surface area contributed by atoms with Gasteiger partial charge in [-0.25, -0.2) is 4.98 Å². The molecule has 5 heteroatoms. The van der Waals surface area contributed by atoms with Gasteiger partial charge in [-0.05, 0) is 12.1 Å². The molecule has 0 spiro atoms. The first-order valence-electron chi connectivity index (χ1n) is 4.11. The smallest absolute Gasteiger partial charge is 0.307 e. The van der Waals surface area contributed by atoms with Gasteiger partial charge in [0.05, 0.1) is 12.2 Å². The van der Waals surface area contributed by atoms with E-state index in [0.717, 1.165) is 5.69 Å². The van der Waals surface area contributed by atoms with Gasteiger partial charge < -0.3 is 5.73 Å². The van der Waals surface area contributed by atoms with Crippen molar-refractivity contribution in [2.45, 2.75) is 6.54 Å². The SMILES string of the molecule is Nc1cccc(Cn2ccsc2=O)n1. The first-order chi connectivity index (χ1) is 6.75. The first kappa shape index (κ1) is 8.96. The van der Waals surface area contributed by atoms with Crippen LogP contribution in [0.25, 0.3) is 0 Å². The highest BCUT2D eigenvalue weighted by molar-refractivity contribution is 7.07. The number of anilines is 1. The minimum absolute atomic E-state index is 0.0224. The van der Waals surface area contributed by atoms with Crippen molar-refractivity contribution < 1.29 is 0 Å². The number of hydrogen-bond donors (Lipinski definition) is 1. The van der Waals surface area contributed by atoms with Crippen LogP contribution in [0.15, 0.2) is 34.6 Å². The fraction of sp³-hybridized carbons (Fsp3) is 0.111. The van der Waals surface area contributed by atoms with Crippen LogP contribution < -0.4 is 10.6 Å². The summed E-state index contributed by atoms with van der Waals surface area (Å²) in [7, 11) is 0. The van der Waals surface area contributed by atoms with Crippen LogP contribution >= 0.6 is 11.3 Å². The van der Waals surface area contributed by atoms with Crippen LogP contribution in [0.5, 0.6) is 0 Å². The van der Waals surface area contributed by atoms with Gasteiger partial charge >= 0.3 is 4.87 Å². The topological polar surface area (TPSA) is 60.9 Å². The predicted octanol–water partition coefficient (Wildman–Crippen LogP) is 0.935. The Balaban J connectivity index is 2.27. The molecular weight excluding hydrogens is 198 g/mol. The van der Waals surface area contributed by atoms with E-state index >= 15 is 0 Å². The van der Waals surface area contributed by atoms with Gasteiger partial charge in [-0.3, -0.25) is 9.36 Å². The summed E-state index contributed by atoms with van der Waals surface area (Å²) in [5, 5.41) is 1.76. The quantitative estimate of drug-likeness (QED) is 0.797. The molecule has 14 heavy (non-hydrogen) atoms. The summed E-state index contributed by atoms with van der Waals surface area (Å²) < 4.78 is 1.60. The van der Waals surface area contributed by atoms with Crippen molar-refractivity contribution in [3.05, 3.63) is 45.1 Å². The molecule has 0 aliphatic rings. The maximum Gasteiger partial charge on any atom is 0.307 e. The maximum absolute atomic E-state index is 11.2. The Morgan fingerprint density at radius 2 is 2.36 bits per heavy atom. The van der Waals surface area contributed by atoms with E-state index in [1.54, 1.807) is 22.2 Å². The third kappa shape index (κ3) is 1.82. The Hall–Kier alpha value is -1.62. The molecule has 2 heterocycles. The Bertz CT molecular complexity index is 489. The monoisotopic (exact) mass is 207 g/mol. The summed E-state index contributed by atoms with van der Waals surface area (Å²) in [5.74, 6) is 0.478. The molecule has 0 amide bonds. The van der Waals surface area contributed by atoms with Crippen LogP contribution in [0.1, 0.15) is 5.69 Å². The zero-order valence-electron chi connectivity index (χ0n) is 7.38. The molecular formula is C9H9N3OS. The standard InChI is InChI=1S/C9H9N3OS/c10-8-3-1-2-7(11-8)6-12-4-5-14-9(12)13/h1-5H,6H2,(H2,10,11). The second-order valence-corrected chi connectivity index (χ2v) is 3.71. The van der Waals surface area contributed by atoms with E-state index in [-0.39, 0.29) is 4.87 Å². The Morgan fingerprint density at radius 3 is 3.00 bits per heavy atom. The van der Waals surface area contributed by atoms with Crippen LogP contribution in [0.2, 0.25) is 0 Å². The van der Waals surface area contributed by atoms with E-state index in [9.17, 15) is 4.79 Å². The lowest BCUT2D eigenvalue weighted by Gasteiger charge is -2.01. The van der Waals surface area contributed by atoms with Crippen molar-refractivity contribution in [3.63, 3.8) is 0 Å². The number of aromatic nitrogens is 2. The molecule has 0 radical (unpaired) electrons. The van der Waals surface area contributed by atoms with Crippen molar-refractivity contribution >= 4 is 17.2 Å². The van der Waals surface area contributed by atoms with Gasteiger partial charge in [-0.1, -0.05) is 17.4 Å². The molecule has 0 saturated heterocycles. The highest BCUT2D eigenvalue weighted by atomic mass is 32.1. The summed E-state index contributed by atoms with van der Waals surface area (Å²) in [4.78, 5) is 15.4. The van der Waals surface area contributed by atoms with Gasteiger partial charge in [0.1, 0.15) is 5.82 Å². The molecule has 0 aliphatic heterocycles. The van der Waals surface area contributed by atoms with Crippen molar-refractivity contribution in [3.8, 4) is 0 Å². The fourth-order valence-corrected chi connectivity index (χ4v) is 1.75. The lowest BCUT2D eigenvalue weighted by Crippen LogP contribution is -2.13. The zero-order chi connectivity index (χ0) is 9.97. The normalized spacial score (nSPS) is 10.3. The van der Waals surface area contributed by atoms with Crippen molar-refractivity contribution in [2.75, 3.05) is 5.73 Å². The van der Waals surface area contributed by atoms with Crippen LogP contribution in [-0.4, -0.2) is 9.55 Å². The maximum atomic E-state index is 11.2. The molecule has 4 nitrogen and oxygen atoms in total. The van der Waals surface area contributed by atoms with Gasteiger partial charge in [0.25, 0.3) is 0 Å². The Kier molecular flexibility index (Phi) is 2.32. The number of nitrogen functional groups attached to an aromatic ring is 1.